The lowest BCUT2D eigenvalue weighted by molar-refractivity contribution is 0.0941. The molecule has 136 valence electrons. The summed E-state index contributed by atoms with van der Waals surface area (Å²) in [5, 5.41) is 4.95. The maximum absolute atomic E-state index is 13.4. The normalized spacial score (nSPS) is 12.2. The monoisotopic (exact) mass is 378 g/mol. The summed E-state index contributed by atoms with van der Waals surface area (Å²) in [6, 6.07) is 20.4. The van der Waals surface area contributed by atoms with Crippen molar-refractivity contribution < 1.29 is 9.18 Å². The summed E-state index contributed by atoms with van der Waals surface area (Å²) >= 11 is 1.62. The van der Waals surface area contributed by atoms with Crippen LogP contribution in [0.4, 0.5) is 4.39 Å². The third-order valence-corrected chi connectivity index (χ3v) is 5.56. The van der Waals surface area contributed by atoms with E-state index in [0.29, 0.717) is 5.69 Å². The van der Waals surface area contributed by atoms with Gasteiger partial charge in [0.1, 0.15) is 11.5 Å². The van der Waals surface area contributed by atoms with E-state index in [2.05, 4.69) is 28.9 Å². The zero-order chi connectivity index (χ0) is 18.8. The number of hydrogen-bond donors (Lipinski definition) is 1. The van der Waals surface area contributed by atoms with Crippen molar-refractivity contribution in [1.29, 1.82) is 0 Å². The quantitative estimate of drug-likeness (QED) is 0.497. The summed E-state index contributed by atoms with van der Waals surface area (Å²) in [6.45, 7) is 2.38. The number of halogens is 1. The molecule has 1 N–H and O–H groups in total. The van der Waals surface area contributed by atoms with Crippen LogP contribution in [0.25, 0.3) is 10.2 Å². The van der Waals surface area contributed by atoms with E-state index in [1.165, 1.54) is 12.1 Å². The number of hydrogen-bond acceptors (Lipinski definition) is 2. The molecule has 0 aliphatic heterocycles. The minimum Gasteiger partial charge on any atom is -0.347 e. The molecule has 0 saturated heterocycles. The number of aromatic nitrogens is 1. The number of fused-ring (bicyclic) bond motifs is 1. The number of nitrogens with zero attached hydrogens (tertiary/aromatic N) is 1. The van der Waals surface area contributed by atoms with Gasteiger partial charge in [-0.1, -0.05) is 42.5 Å². The predicted molar refractivity (Wildman–Crippen MR) is 108 cm³/mol. The number of carbonyl (C=O) groups excluding carboxylic acids is 1. The van der Waals surface area contributed by atoms with Crippen LogP contribution in [0.1, 0.15) is 34.6 Å². The van der Waals surface area contributed by atoms with Crippen molar-refractivity contribution in [3.8, 4) is 0 Å². The van der Waals surface area contributed by atoms with E-state index in [4.69, 9.17) is 0 Å². The Morgan fingerprint density at radius 2 is 1.93 bits per heavy atom. The molecule has 0 bridgehead atoms. The molecule has 0 aliphatic rings. The highest BCUT2D eigenvalue weighted by Crippen LogP contribution is 2.31. The molecule has 3 nitrogen and oxygen atoms in total. The van der Waals surface area contributed by atoms with Crippen molar-refractivity contribution in [1.82, 2.24) is 9.88 Å². The molecule has 0 fully saturated rings. The SMILES string of the molecule is CC(c1ccccc1)n1c(C(=O)NCc2cccc(F)c2)cc2sccc21. The van der Waals surface area contributed by atoms with Crippen LogP contribution in [0.5, 0.6) is 0 Å². The zero-order valence-electron chi connectivity index (χ0n) is 14.9. The lowest BCUT2D eigenvalue weighted by Gasteiger charge is -2.19. The molecule has 2 heterocycles. The minimum atomic E-state index is -0.302. The molecule has 5 heteroatoms. The van der Waals surface area contributed by atoms with Crippen LogP contribution < -0.4 is 5.32 Å². The zero-order valence-corrected chi connectivity index (χ0v) is 15.7. The van der Waals surface area contributed by atoms with Crippen molar-refractivity contribution in [3.63, 3.8) is 0 Å². The summed E-state index contributed by atoms with van der Waals surface area (Å²) in [4.78, 5) is 12.9. The molecule has 4 aromatic rings. The average Bonchev–Trinajstić information content (AvgIpc) is 3.27. The van der Waals surface area contributed by atoms with Crippen LogP contribution in [0, 0.1) is 5.82 Å². The van der Waals surface area contributed by atoms with Crippen molar-refractivity contribution in [3.05, 3.63) is 94.7 Å². The van der Waals surface area contributed by atoms with Gasteiger partial charge in [0.15, 0.2) is 0 Å². The number of benzene rings is 2. The third kappa shape index (κ3) is 3.51. The Hall–Kier alpha value is -2.92. The van der Waals surface area contributed by atoms with Crippen molar-refractivity contribution in [2.45, 2.75) is 19.5 Å². The second-order valence-corrected chi connectivity index (χ2v) is 7.42. The predicted octanol–water partition coefficient (Wildman–Crippen LogP) is 5.38. The van der Waals surface area contributed by atoms with Gasteiger partial charge in [-0.3, -0.25) is 4.79 Å². The third-order valence-electron chi connectivity index (χ3n) is 4.70. The fraction of sp³-hybridized carbons (Fsp3) is 0.136. The lowest BCUT2D eigenvalue weighted by Crippen LogP contribution is -2.26. The smallest absolute Gasteiger partial charge is 0.268 e. The van der Waals surface area contributed by atoms with E-state index in [0.717, 1.165) is 21.3 Å². The van der Waals surface area contributed by atoms with Gasteiger partial charge < -0.3 is 9.88 Å². The fourth-order valence-electron chi connectivity index (χ4n) is 3.34. The molecule has 2 aromatic carbocycles. The summed E-state index contributed by atoms with van der Waals surface area (Å²) < 4.78 is 16.5. The van der Waals surface area contributed by atoms with E-state index in [1.54, 1.807) is 23.5 Å². The van der Waals surface area contributed by atoms with E-state index in [1.807, 2.05) is 35.7 Å². The standard InChI is InChI=1S/C22H19FN2OS/c1-15(17-7-3-2-4-8-17)25-19-10-11-27-21(19)13-20(25)22(26)24-14-16-6-5-9-18(23)12-16/h2-13,15H,14H2,1H3,(H,24,26). The Labute approximate surface area is 161 Å². The molecular weight excluding hydrogens is 359 g/mol. The number of carbonyl (C=O) groups is 1. The Bertz CT molecular complexity index is 1080. The molecular formula is C22H19FN2OS. The molecule has 0 radical (unpaired) electrons. The molecule has 2 aromatic heterocycles. The first-order chi connectivity index (χ1) is 13.1. The number of nitrogens with one attached hydrogen (secondary N) is 1. The first-order valence-corrected chi connectivity index (χ1v) is 9.67. The molecule has 0 spiro atoms. The Balaban J connectivity index is 1.65. The van der Waals surface area contributed by atoms with Gasteiger partial charge in [0.25, 0.3) is 5.91 Å². The van der Waals surface area contributed by atoms with E-state index >= 15 is 0 Å². The lowest BCUT2D eigenvalue weighted by atomic mass is 10.1. The highest BCUT2D eigenvalue weighted by atomic mass is 32.1. The molecule has 1 unspecified atom stereocenters. The Kier molecular flexibility index (Phi) is 4.77. The molecule has 1 amide bonds. The molecule has 0 aliphatic carbocycles. The van der Waals surface area contributed by atoms with Crippen molar-refractivity contribution >= 4 is 27.5 Å². The van der Waals surface area contributed by atoms with Crippen LogP contribution in [0.3, 0.4) is 0 Å². The Morgan fingerprint density at radius 3 is 2.70 bits per heavy atom. The van der Waals surface area contributed by atoms with Crippen LogP contribution in [-0.4, -0.2) is 10.5 Å². The van der Waals surface area contributed by atoms with Gasteiger partial charge >= 0.3 is 0 Å². The van der Waals surface area contributed by atoms with Crippen LogP contribution in [-0.2, 0) is 6.54 Å². The maximum Gasteiger partial charge on any atom is 0.268 e. The number of rotatable bonds is 5. The fourth-order valence-corrected chi connectivity index (χ4v) is 4.15. The van der Waals surface area contributed by atoms with Gasteiger partial charge in [0.2, 0.25) is 0 Å². The van der Waals surface area contributed by atoms with Crippen LogP contribution in [0.2, 0.25) is 0 Å². The largest absolute Gasteiger partial charge is 0.347 e. The molecule has 0 saturated carbocycles. The first-order valence-electron chi connectivity index (χ1n) is 8.79. The van der Waals surface area contributed by atoms with E-state index < -0.39 is 0 Å². The van der Waals surface area contributed by atoms with Gasteiger partial charge in [-0.2, -0.15) is 0 Å². The van der Waals surface area contributed by atoms with Crippen molar-refractivity contribution in [2.75, 3.05) is 0 Å². The van der Waals surface area contributed by atoms with Gasteiger partial charge in [-0.15, -0.1) is 11.3 Å². The summed E-state index contributed by atoms with van der Waals surface area (Å²) in [5.41, 5.74) is 3.54. The van der Waals surface area contributed by atoms with Gasteiger partial charge in [-0.05, 0) is 47.7 Å². The highest BCUT2D eigenvalue weighted by molar-refractivity contribution is 7.17. The second-order valence-electron chi connectivity index (χ2n) is 6.47. The molecule has 27 heavy (non-hydrogen) atoms. The maximum atomic E-state index is 13.4. The number of thiophene rings is 1. The van der Waals surface area contributed by atoms with Crippen LogP contribution >= 0.6 is 11.3 Å². The first kappa shape index (κ1) is 17.5. The summed E-state index contributed by atoms with van der Waals surface area (Å²) in [5.74, 6) is -0.464. The van der Waals surface area contributed by atoms with E-state index in [9.17, 15) is 9.18 Å². The van der Waals surface area contributed by atoms with Crippen molar-refractivity contribution in [2.24, 2.45) is 0 Å². The van der Waals surface area contributed by atoms with Gasteiger partial charge in [0.05, 0.1) is 16.3 Å². The summed E-state index contributed by atoms with van der Waals surface area (Å²) in [6.07, 6.45) is 0. The highest BCUT2D eigenvalue weighted by Gasteiger charge is 2.21. The topological polar surface area (TPSA) is 34.0 Å². The van der Waals surface area contributed by atoms with Crippen LogP contribution in [0.15, 0.2) is 72.1 Å². The average molecular weight is 378 g/mol. The molecule has 1 atom stereocenters. The molecule has 4 rings (SSSR count). The number of amides is 1. The van der Waals surface area contributed by atoms with Gasteiger partial charge in [-0.25, -0.2) is 4.39 Å². The Morgan fingerprint density at radius 1 is 1.11 bits per heavy atom. The minimum absolute atomic E-state index is 0.0215. The van der Waals surface area contributed by atoms with E-state index in [-0.39, 0.29) is 24.3 Å². The van der Waals surface area contributed by atoms with Gasteiger partial charge in [0, 0.05) is 6.54 Å². The summed E-state index contributed by atoms with van der Waals surface area (Å²) in [7, 11) is 0. The second kappa shape index (κ2) is 7.37.